The number of amides is 1. The number of piperidine rings is 1. The zero-order valence-electron chi connectivity index (χ0n) is 10.3. The molecule has 1 saturated heterocycles. The van der Waals surface area contributed by atoms with Gasteiger partial charge in [0.1, 0.15) is 12.7 Å². The maximum absolute atomic E-state index is 11.9. The van der Waals surface area contributed by atoms with Crippen LogP contribution in [-0.4, -0.2) is 55.9 Å². The minimum atomic E-state index is -0.493. The largest absolute Gasteiger partial charge is 0.391 e. The molecule has 7 heteroatoms. The maximum Gasteiger partial charge on any atom is 0.222 e. The number of rotatable bonds is 4. The second kappa shape index (κ2) is 5.92. The lowest BCUT2D eigenvalue weighted by molar-refractivity contribution is -0.134. The van der Waals surface area contributed by atoms with E-state index in [1.165, 1.54) is 6.33 Å². The second-order valence-electron chi connectivity index (χ2n) is 4.71. The molecule has 2 heterocycles. The summed E-state index contributed by atoms with van der Waals surface area (Å²) in [5.41, 5.74) is 5.78. The van der Waals surface area contributed by atoms with E-state index >= 15 is 0 Å². The van der Waals surface area contributed by atoms with Crippen LogP contribution in [0.5, 0.6) is 0 Å². The Morgan fingerprint density at radius 3 is 3.00 bits per heavy atom. The van der Waals surface area contributed by atoms with Crippen molar-refractivity contribution in [3.63, 3.8) is 0 Å². The molecule has 100 valence electrons. The number of hydrogen-bond acceptors (Lipinski definition) is 5. The monoisotopic (exact) mass is 253 g/mol. The van der Waals surface area contributed by atoms with E-state index in [2.05, 4.69) is 10.1 Å². The molecule has 0 aliphatic carbocycles. The summed E-state index contributed by atoms with van der Waals surface area (Å²) in [5.74, 6) is 0.0457. The van der Waals surface area contributed by atoms with Gasteiger partial charge in [0.05, 0.1) is 6.10 Å². The Balaban J connectivity index is 1.74. The van der Waals surface area contributed by atoms with Crippen LogP contribution < -0.4 is 5.73 Å². The molecule has 0 unspecified atom stereocenters. The molecule has 0 aromatic carbocycles. The summed E-state index contributed by atoms with van der Waals surface area (Å²) < 4.78 is 1.70. The smallest absolute Gasteiger partial charge is 0.222 e. The minimum Gasteiger partial charge on any atom is -0.391 e. The Hall–Kier alpha value is -1.47. The molecular formula is C11H19N5O2. The molecule has 1 aromatic heterocycles. The van der Waals surface area contributed by atoms with Gasteiger partial charge >= 0.3 is 0 Å². The Bertz CT molecular complexity index is 371. The Morgan fingerprint density at radius 1 is 1.50 bits per heavy atom. The van der Waals surface area contributed by atoms with Crippen molar-refractivity contribution >= 4 is 5.91 Å². The molecule has 1 aliphatic rings. The summed E-state index contributed by atoms with van der Waals surface area (Å²) in [6.07, 6.45) is 4.34. The highest BCUT2D eigenvalue weighted by Gasteiger charge is 2.26. The Kier molecular flexibility index (Phi) is 4.27. The van der Waals surface area contributed by atoms with Crippen molar-refractivity contribution in [2.24, 2.45) is 5.73 Å². The lowest BCUT2D eigenvalue weighted by Crippen LogP contribution is -2.51. The van der Waals surface area contributed by atoms with Crippen LogP contribution in [0.3, 0.4) is 0 Å². The third-order valence-electron chi connectivity index (χ3n) is 3.06. The highest BCUT2D eigenvalue weighted by atomic mass is 16.3. The highest BCUT2D eigenvalue weighted by Crippen LogP contribution is 2.11. The van der Waals surface area contributed by atoms with E-state index < -0.39 is 6.10 Å². The lowest BCUT2D eigenvalue weighted by Gasteiger charge is -2.34. The van der Waals surface area contributed by atoms with E-state index in [1.807, 2.05) is 0 Å². The maximum atomic E-state index is 11.9. The van der Waals surface area contributed by atoms with Crippen molar-refractivity contribution in [1.29, 1.82) is 0 Å². The van der Waals surface area contributed by atoms with Crippen LogP contribution in [0.2, 0.25) is 0 Å². The molecule has 0 radical (unpaired) electrons. The number of aromatic nitrogens is 3. The number of nitrogens with two attached hydrogens (primary N) is 1. The molecule has 1 amide bonds. The molecular weight excluding hydrogens is 234 g/mol. The summed E-state index contributed by atoms with van der Waals surface area (Å²) in [4.78, 5) is 17.4. The van der Waals surface area contributed by atoms with Crippen LogP contribution in [0.4, 0.5) is 0 Å². The number of β-amino-alcohol motifs (C(OH)–C–C–N with tert-alkyl or cyclic N) is 1. The molecule has 2 atom stereocenters. The zero-order chi connectivity index (χ0) is 13.0. The Morgan fingerprint density at radius 2 is 2.33 bits per heavy atom. The third-order valence-corrected chi connectivity index (χ3v) is 3.06. The summed E-state index contributed by atoms with van der Waals surface area (Å²) in [5, 5.41) is 13.5. The number of aliphatic hydroxyl groups is 1. The van der Waals surface area contributed by atoms with Crippen molar-refractivity contribution in [2.75, 3.05) is 13.1 Å². The van der Waals surface area contributed by atoms with Crippen molar-refractivity contribution in [2.45, 2.75) is 38.0 Å². The quantitative estimate of drug-likeness (QED) is 0.715. The van der Waals surface area contributed by atoms with Crippen LogP contribution in [0.1, 0.15) is 19.3 Å². The van der Waals surface area contributed by atoms with Gasteiger partial charge in [-0.3, -0.25) is 9.48 Å². The fraction of sp³-hybridized carbons (Fsp3) is 0.727. The number of nitrogens with zero attached hydrogens (tertiary/aromatic N) is 4. The number of hydrogen-bond donors (Lipinski definition) is 2. The average molecular weight is 253 g/mol. The van der Waals surface area contributed by atoms with E-state index in [9.17, 15) is 9.90 Å². The SMILES string of the molecule is N[C@H]1C[C@@H](O)CN(C(=O)CCCn2cncn2)C1. The average Bonchev–Trinajstić information content (AvgIpc) is 2.80. The molecule has 0 spiro atoms. The standard InChI is InChI=1S/C11H19N5O2/c12-9-4-10(17)6-15(5-9)11(18)2-1-3-16-8-13-7-14-16/h7-10,17H,1-6,12H2/t9-,10+/m0/s1. The lowest BCUT2D eigenvalue weighted by atomic mass is 10.0. The fourth-order valence-electron chi connectivity index (χ4n) is 2.21. The molecule has 3 N–H and O–H groups in total. The van der Waals surface area contributed by atoms with Gasteiger partial charge in [0, 0.05) is 32.1 Å². The van der Waals surface area contributed by atoms with E-state index in [4.69, 9.17) is 5.73 Å². The normalized spacial score (nSPS) is 24.2. The second-order valence-corrected chi connectivity index (χ2v) is 4.71. The van der Waals surface area contributed by atoms with Gasteiger partial charge in [-0.05, 0) is 12.8 Å². The molecule has 0 bridgehead atoms. The zero-order valence-corrected chi connectivity index (χ0v) is 10.3. The first-order valence-corrected chi connectivity index (χ1v) is 6.19. The van der Waals surface area contributed by atoms with Gasteiger partial charge in [-0.2, -0.15) is 5.10 Å². The number of carbonyl (C=O) groups excluding carboxylic acids is 1. The van der Waals surface area contributed by atoms with Gasteiger partial charge in [-0.15, -0.1) is 0 Å². The van der Waals surface area contributed by atoms with Gasteiger partial charge in [-0.1, -0.05) is 0 Å². The van der Waals surface area contributed by atoms with Crippen molar-refractivity contribution < 1.29 is 9.90 Å². The predicted octanol–water partition coefficient (Wildman–Crippen LogP) is -1.02. The molecule has 7 nitrogen and oxygen atoms in total. The summed E-state index contributed by atoms with van der Waals surface area (Å²) >= 11 is 0. The summed E-state index contributed by atoms with van der Waals surface area (Å²) in [7, 11) is 0. The summed E-state index contributed by atoms with van der Waals surface area (Å²) in [6, 6.07) is -0.118. The van der Waals surface area contributed by atoms with Gasteiger partial charge < -0.3 is 15.7 Å². The first-order valence-electron chi connectivity index (χ1n) is 6.19. The molecule has 1 fully saturated rings. The van der Waals surface area contributed by atoms with Crippen molar-refractivity contribution in [3.8, 4) is 0 Å². The first-order chi connectivity index (χ1) is 8.65. The van der Waals surface area contributed by atoms with Crippen LogP contribution >= 0.6 is 0 Å². The minimum absolute atomic E-state index is 0.0457. The number of aryl methyl sites for hydroxylation is 1. The Labute approximate surface area is 106 Å². The number of likely N-dealkylation sites (tertiary alicyclic amines) is 1. The van der Waals surface area contributed by atoms with Gasteiger partial charge in [0.2, 0.25) is 5.91 Å². The molecule has 0 saturated carbocycles. The fourth-order valence-corrected chi connectivity index (χ4v) is 2.21. The molecule has 18 heavy (non-hydrogen) atoms. The third kappa shape index (κ3) is 3.51. The molecule has 1 aliphatic heterocycles. The van der Waals surface area contributed by atoms with E-state index in [0.29, 0.717) is 38.9 Å². The van der Waals surface area contributed by atoms with Crippen LogP contribution in [-0.2, 0) is 11.3 Å². The van der Waals surface area contributed by atoms with Gasteiger partial charge in [-0.25, -0.2) is 4.98 Å². The van der Waals surface area contributed by atoms with E-state index in [0.717, 1.165) is 0 Å². The number of aliphatic hydroxyl groups excluding tert-OH is 1. The summed E-state index contributed by atoms with van der Waals surface area (Å²) in [6.45, 7) is 1.61. The van der Waals surface area contributed by atoms with Crippen LogP contribution in [0.25, 0.3) is 0 Å². The van der Waals surface area contributed by atoms with Crippen LogP contribution in [0, 0.1) is 0 Å². The van der Waals surface area contributed by atoms with Crippen molar-refractivity contribution in [3.05, 3.63) is 12.7 Å². The van der Waals surface area contributed by atoms with E-state index in [1.54, 1.807) is 15.9 Å². The molecule has 1 aromatic rings. The highest BCUT2D eigenvalue weighted by molar-refractivity contribution is 5.76. The van der Waals surface area contributed by atoms with Gasteiger partial charge in [0.25, 0.3) is 0 Å². The van der Waals surface area contributed by atoms with Gasteiger partial charge in [0.15, 0.2) is 0 Å². The predicted molar refractivity (Wildman–Crippen MR) is 64.4 cm³/mol. The first kappa shape index (κ1) is 13.0. The van der Waals surface area contributed by atoms with E-state index in [-0.39, 0.29) is 11.9 Å². The van der Waals surface area contributed by atoms with Crippen LogP contribution in [0.15, 0.2) is 12.7 Å². The topological polar surface area (TPSA) is 97.3 Å². The number of carbonyl (C=O) groups is 1. The van der Waals surface area contributed by atoms with Crippen molar-refractivity contribution in [1.82, 2.24) is 19.7 Å². The molecule has 2 rings (SSSR count).